The Labute approximate surface area is 105 Å². The van der Waals surface area contributed by atoms with Gasteiger partial charge in [-0.05, 0) is 24.6 Å². The minimum atomic E-state index is -0.483. The number of hydrogen-bond acceptors (Lipinski definition) is 2. The summed E-state index contributed by atoms with van der Waals surface area (Å²) in [5.74, 6) is -0.266. The lowest BCUT2D eigenvalue weighted by Crippen LogP contribution is -2.23. The van der Waals surface area contributed by atoms with Crippen LogP contribution in [0.5, 0.6) is 0 Å². The summed E-state index contributed by atoms with van der Waals surface area (Å²) in [7, 11) is 0. The molecule has 1 aromatic rings. The number of fused-ring (bicyclic) bond motifs is 1. The van der Waals surface area contributed by atoms with Crippen LogP contribution in [0.3, 0.4) is 0 Å². The SMILES string of the molecule is CCNC1CC(C)SCc2c(F)cc(F)cc21. The zero-order valence-corrected chi connectivity index (χ0v) is 10.9. The minimum absolute atomic E-state index is 0.0604. The van der Waals surface area contributed by atoms with Crippen molar-refractivity contribution >= 4 is 11.8 Å². The van der Waals surface area contributed by atoms with Gasteiger partial charge in [0.2, 0.25) is 0 Å². The van der Waals surface area contributed by atoms with Gasteiger partial charge in [-0.3, -0.25) is 0 Å². The summed E-state index contributed by atoms with van der Waals surface area (Å²) in [6.45, 7) is 4.95. The fraction of sp³-hybridized carbons (Fsp3) is 0.538. The van der Waals surface area contributed by atoms with Gasteiger partial charge in [0.15, 0.2) is 0 Å². The third kappa shape index (κ3) is 2.80. The zero-order valence-electron chi connectivity index (χ0n) is 10.1. The Morgan fingerprint density at radius 3 is 2.88 bits per heavy atom. The number of hydrogen-bond donors (Lipinski definition) is 1. The third-order valence-corrected chi connectivity index (χ3v) is 4.32. The van der Waals surface area contributed by atoms with Crippen LogP contribution in [-0.2, 0) is 5.75 Å². The predicted octanol–water partition coefficient (Wildman–Crippen LogP) is 3.64. The van der Waals surface area contributed by atoms with Gasteiger partial charge in [0, 0.05) is 28.7 Å². The first-order valence-electron chi connectivity index (χ1n) is 5.94. The van der Waals surface area contributed by atoms with E-state index in [1.54, 1.807) is 11.8 Å². The Bertz CT molecular complexity index is 409. The highest BCUT2D eigenvalue weighted by Gasteiger charge is 2.25. The van der Waals surface area contributed by atoms with Crippen LogP contribution in [0.1, 0.15) is 37.4 Å². The molecule has 0 spiro atoms. The normalized spacial score (nSPS) is 24.2. The van der Waals surface area contributed by atoms with E-state index in [-0.39, 0.29) is 6.04 Å². The Morgan fingerprint density at radius 1 is 1.41 bits per heavy atom. The summed E-state index contributed by atoms with van der Waals surface area (Å²) in [5.41, 5.74) is 1.45. The lowest BCUT2D eigenvalue weighted by atomic mass is 9.97. The van der Waals surface area contributed by atoms with Crippen molar-refractivity contribution in [3.63, 3.8) is 0 Å². The second-order valence-corrected chi connectivity index (χ2v) is 5.85. The van der Waals surface area contributed by atoms with Crippen molar-refractivity contribution in [2.24, 2.45) is 0 Å². The van der Waals surface area contributed by atoms with E-state index in [1.807, 2.05) is 6.92 Å². The summed E-state index contributed by atoms with van der Waals surface area (Å²) < 4.78 is 27.1. The molecule has 17 heavy (non-hydrogen) atoms. The Balaban J connectivity index is 2.43. The van der Waals surface area contributed by atoms with Crippen LogP contribution < -0.4 is 5.32 Å². The molecule has 0 bridgehead atoms. The van der Waals surface area contributed by atoms with E-state index in [1.165, 1.54) is 6.07 Å². The first-order valence-corrected chi connectivity index (χ1v) is 6.99. The highest BCUT2D eigenvalue weighted by atomic mass is 32.2. The maximum atomic E-state index is 13.8. The van der Waals surface area contributed by atoms with Crippen LogP contribution in [-0.4, -0.2) is 11.8 Å². The molecule has 1 nitrogen and oxygen atoms in total. The van der Waals surface area contributed by atoms with Crippen LogP contribution in [0, 0.1) is 11.6 Å². The molecule has 0 saturated carbocycles. The van der Waals surface area contributed by atoms with Gasteiger partial charge in [0.05, 0.1) is 0 Å². The lowest BCUT2D eigenvalue weighted by Gasteiger charge is -2.20. The molecule has 0 amide bonds. The van der Waals surface area contributed by atoms with E-state index in [4.69, 9.17) is 0 Å². The van der Waals surface area contributed by atoms with E-state index in [2.05, 4.69) is 12.2 Å². The van der Waals surface area contributed by atoms with Crippen LogP contribution in [0.15, 0.2) is 12.1 Å². The monoisotopic (exact) mass is 257 g/mol. The summed E-state index contributed by atoms with van der Waals surface area (Å²) >= 11 is 1.73. The van der Waals surface area contributed by atoms with Gasteiger partial charge in [-0.2, -0.15) is 11.8 Å². The molecule has 1 N–H and O–H groups in total. The largest absolute Gasteiger partial charge is 0.310 e. The minimum Gasteiger partial charge on any atom is -0.310 e. The van der Waals surface area contributed by atoms with Gasteiger partial charge in [0.25, 0.3) is 0 Å². The van der Waals surface area contributed by atoms with Crippen LogP contribution in [0.25, 0.3) is 0 Å². The summed E-state index contributed by atoms with van der Waals surface area (Å²) in [6, 6.07) is 2.52. The molecular formula is C13H17F2NS. The van der Waals surface area contributed by atoms with Gasteiger partial charge < -0.3 is 5.32 Å². The highest BCUT2D eigenvalue weighted by Crippen LogP contribution is 2.36. The first kappa shape index (κ1) is 12.8. The quantitative estimate of drug-likeness (QED) is 0.868. The van der Waals surface area contributed by atoms with Gasteiger partial charge in [-0.15, -0.1) is 0 Å². The fourth-order valence-electron chi connectivity index (χ4n) is 2.28. The third-order valence-electron chi connectivity index (χ3n) is 3.10. The molecule has 1 aliphatic rings. The molecule has 2 unspecified atom stereocenters. The molecule has 1 aromatic carbocycles. The van der Waals surface area contributed by atoms with Crippen molar-refractivity contribution in [2.75, 3.05) is 6.54 Å². The second kappa shape index (κ2) is 5.36. The lowest BCUT2D eigenvalue weighted by molar-refractivity contribution is 0.502. The van der Waals surface area contributed by atoms with Crippen LogP contribution in [0.4, 0.5) is 8.78 Å². The predicted molar refractivity (Wildman–Crippen MR) is 68.1 cm³/mol. The number of nitrogens with one attached hydrogen (secondary N) is 1. The smallest absolute Gasteiger partial charge is 0.130 e. The van der Waals surface area contributed by atoms with Crippen molar-refractivity contribution in [3.05, 3.63) is 34.9 Å². The molecule has 4 heteroatoms. The molecule has 0 fully saturated rings. The van der Waals surface area contributed by atoms with Crippen molar-refractivity contribution in [2.45, 2.75) is 37.3 Å². The van der Waals surface area contributed by atoms with E-state index in [9.17, 15) is 8.78 Å². The first-order chi connectivity index (χ1) is 8.11. The fourth-order valence-corrected chi connectivity index (χ4v) is 3.36. The van der Waals surface area contributed by atoms with E-state index < -0.39 is 11.6 Å². The van der Waals surface area contributed by atoms with Crippen LogP contribution in [0.2, 0.25) is 0 Å². The van der Waals surface area contributed by atoms with Gasteiger partial charge in [-0.1, -0.05) is 13.8 Å². The molecular weight excluding hydrogens is 240 g/mol. The average Bonchev–Trinajstić information content (AvgIpc) is 2.40. The van der Waals surface area contributed by atoms with Gasteiger partial charge in [0.1, 0.15) is 11.6 Å². The van der Waals surface area contributed by atoms with Gasteiger partial charge >= 0.3 is 0 Å². The maximum absolute atomic E-state index is 13.8. The molecule has 0 radical (unpaired) electrons. The second-order valence-electron chi connectivity index (χ2n) is 4.42. The maximum Gasteiger partial charge on any atom is 0.130 e. The summed E-state index contributed by atoms with van der Waals surface area (Å²) in [6.07, 6.45) is 0.911. The summed E-state index contributed by atoms with van der Waals surface area (Å²) in [4.78, 5) is 0. The van der Waals surface area contributed by atoms with E-state index in [0.29, 0.717) is 16.6 Å². The Kier molecular flexibility index (Phi) is 4.05. The van der Waals surface area contributed by atoms with Crippen molar-refractivity contribution in [1.29, 1.82) is 0 Å². The van der Waals surface area contributed by atoms with Crippen molar-refractivity contribution in [1.82, 2.24) is 5.32 Å². The molecule has 0 saturated heterocycles. The molecule has 0 aromatic heterocycles. The topological polar surface area (TPSA) is 12.0 Å². The zero-order chi connectivity index (χ0) is 12.4. The Morgan fingerprint density at radius 2 is 2.18 bits per heavy atom. The molecule has 1 aliphatic heterocycles. The number of halogens is 2. The summed E-state index contributed by atoms with van der Waals surface area (Å²) in [5, 5.41) is 3.77. The highest BCUT2D eigenvalue weighted by molar-refractivity contribution is 7.99. The van der Waals surface area contributed by atoms with E-state index in [0.717, 1.165) is 24.6 Å². The Hall–Kier alpha value is -0.610. The molecule has 94 valence electrons. The number of rotatable bonds is 2. The van der Waals surface area contributed by atoms with Crippen molar-refractivity contribution in [3.8, 4) is 0 Å². The number of benzene rings is 1. The van der Waals surface area contributed by atoms with Crippen molar-refractivity contribution < 1.29 is 8.78 Å². The molecule has 2 rings (SSSR count). The standard InChI is InChI=1S/C13H17F2NS/c1-3-16-13-4-8(2)17-7-11-10(13)5-9(14)6-12(11)15/h5-6,8,13,16H,3-4,7H2,1-2H3. The van der Waals surface area contributed by atoms with E-state index >= 15 is 0 Å². The average molecular weight is 257 g/mol. The number of thioether (sulfide) groups is 1. The van der Waals surface area contributed by atoms with Gasteiger partial charge in [-0.25, -0.2) is 8.78 Å². The molecule has 2 atom stereocenters. The van der Waals surface area contributed by atoms with Crippen LogP contribution >= 0.6 is 11.8 Å². The molecule has 1 heterocycles. The molecule has 0 aliphatic carbocycles.